The van der Waals surface area contributed by atoms with Crippen LogP contribution in [0.1, 0.15) is 32.6 Å². The molecule has 2 rings (SSSR count). The zero-order valence-electron chi connectivity index (χ0n) is 8.42. The van der Waals surface area contributed by atoms with Gasteiger partial charge in [0.2, 0.25) is 0 Å². The van der Waals surface area contributed by atoms with Gasteiger partial charge in [-0.3, -0.25) is 10.6 Å². The van der Waals surface area contributed by atoms with Crippen LogP contribution in [0.3, 0.4) is 0 Å². The van der Waals surface area contributed by atoms with Crippen molar-refractivity contribution in [2.45, 2.75) is 50.9 Å². The van der Waals surface area contributed by atoms with E-state index in [-0.39, 0.29) is 0 Å². The molecule has 1 heterocycles. The van der Waals surface area contributed by atoms with Crippen LogP contribution in [0.2, 0.25) is 0 Å². The molecule has 4 N–H and O–H groups in total. The van der Waals surface area contributed by atoms with E-state index < -0.39 is 0 Å². The van der Waals surface area contributed by atoms with Crippen molar-refractivity contribution >= 4 is 0 Å². The summed E-state index contributed by atoms with van der Waals surface area (Å²) in [5.41, 5.74) is 5.55. The Hall–Kier alpha value is -0.120. The minimum Gasteiger partial charge on any atom is -0.330 e. The van der Waals surface area contributed by atoms with Gasteiger partial charge in [-0.2, -0.15) is 0 Å². The maximum absolute atomic E-state index is 5.55. The molecule has 13 heavy (non-hydrogen) atoms. The van der Waals surface area contributed by atoms with Crippen molar-refractivity contribution in [1.29, 1.82) is 0 Å². The van der Waals surface area contributed by atoms with Crippen molar-refractivity contribution in [1.82, 2.24) is 10.6 Å². The predicted octanol–water partition coefficient (Wildman–Crippen LogP) is 0.411. The lowest BCUT2D eigenvalue weighted by Crippen LogP contribution is -2.42. The van der Waals surface area contributed by atoms with Crippen molar-refractivity contribution < 1.29 is 0 Å². The standard InChI is InChI=1S/C10H21N3/c1-7-3-2-4-8-10(7)13-9(12-8)5-6-11/h7-10,12-13H,2-6,11H2,1H3. The van der Waals surface area contributed by atoms with Gasteiger partial charge in [0, 0.05) is 12.1 Å². The quantitative estimate of drug-likeness (QED) is 0.581. The van der Waals surface area contributed by atoms with E-state index in [1.807, 2.05) is 0 Å². The topological polar surface area (TPSA) is 50.1 Å². The summed E-state index contributed by atoms with van der Waals surface area (Å²) >= 11 is 0. The molecule has 0 spiro atoms. The Kier molecular flexibility index (Phi) is 2.86. The molecule has 1 saturated heterocycles. The first kappa shape index (κ1) is 9.44. The Morgan fingerprint density at radius 3 is 2.85 bits per heavy atom. The Morgan fingerprint density at radius 2 is 2.15 bits per heavy atom. The van der Waals surface area contributed by atoms with Crippen LogP contribution < -0.4 is 16.4 Å². The summed E-state index contributed by atoms with van der Waals surface area (Å²) in [7, 11) is 0. The monoisotopic (exact) mass is 183 g/mol. The van der Waals surface area contributed by atoms with E-state index in [0.717, 1.165) is 18.9 Å². The number of fused-ring (bicyclic) bond motifs is 1. The van der Waals surface area contributed by atoms with Crippen LogP contribution in [0.15, 0.2) is 0 Å². The molecular formula is C10H21N3. The Morgan fingerprint density at radius 1 is 1.31 bits per heavy atom. The molecule has 76 valence electrons. The molecule has 4 unspecified atom stereocenters. The van der Waals surface area contributed by atoms with Crippen LogP contribution in [0.25, 0.3) is 0 Å². The molecule has 0 aromatic carbocycles. The lowest BCUT2D eigenvalue weighted by atomic mass is 9.83. The van der Waals surface area contributed by atoms with Crippen molar-refractivity contribution in [2.75, 3.05) is 6.54 Å². The molecule has 4 atom stereocenters. The smallest absolute Gasteiger partial charge is 0.0589 e. The van der Waals surface area contributed by atoms with Gasteiger partial charge in [0.05, 0.1) is 6.17 Å². The summed E-state index contributed by atoms with van der Waals surface area (Å²) < 4.78 is 0. The molecule has 0 radical (unpaired) electrons. The maximum Gasteiger partial charge on any atom is 0.0589 e. The molecule has 1 aliphatic heterocycles. The second kappa shape index (κ2) is 3.95. The van der Waals surface area contributed by atoms with Gasteiger partial charge in [-0.15, -0.1) is 0 Å². The van der Waals surface area contributed by atoms with E-state index in [1.54, 1.807) is 0 Å². The van der Waals surface area contributed by atoms with Gasteiger partial charge in [-0.25, -0.2) is 0 Å². The van der Waals surface area contributed by atoms with Crippen molar-refractivity contribution in [3.8, 4) is 0 Å². The number of nitrogens with one attached hydrogen (secondary N) is 2. The van der Waals surface area contributed by atoms with Gasteiger partial charge in [0.1, 0.15) is 0 Å². The Labute approximate surface area is 80.5 Å². The van der Waals surface area contributed by atoms with Crippen LogP contribution in [0.5, 0.6) is 0 Å². The largest absolute Gasteiger partial charge is 0.330 e. The summed E-state index contributed by atoms with van der Waals surface area (Å²) in [5.74, 6) is 0.828. The Bertz CT molecular complexity index is 172. The van der Waals surface area contributed by atoms with Crippen LogP contribution in [0, 0.1) is 5.92 Å². The minimum atomic E-state index is 0.473. The predicted molar refractivity (Wildman–Crippen MR) is 54.3 cm³/mol. The number of hydrogen-bond acceptors (Lipinski definition) is 3. The van der Waals surface area contributed by atoms with Crippen LogP contribution in [-0.2, 0) is 0 Å². The highest BCUT2D eigenvalue weighted by atomic mass is 15.2. The second-order valence-corrected chi connectivity index (χ2v) is 4.50. The minimum absolute atomic E-state index is 0.473. The first-order valence-electron chi connectivity index (χ1n) is 5.53. The zero-order chi connectivity index (χ0) is 9.26. The third-order valence-electron chi connectivity index (χ3n) is 3.49. The van der Waals surface area contributed by atoms with E-state index in [0.29, 0.717) is 18.2 Å². The third-order valence-corrected chi connectivity index (χ3v) is 3.49. The van der Waals surface area contributed by atoms with E-state index >= 15 is 0 Å². The molecule has 0 aromatic heterocycles. The molecule has 3 heteroatoms. The van der Waals surface area contributed by atoms with Gasteiger partial charge in [0.25, 0.3) is 0 Å². The normalized spacial score (nSPS) is 44.8. The van der Waals surface area contributed by atoms with E-state index in [4.69, 9.17) is 5.73 Å². The van der Waals surface area contributed by atoms with Crippen molar-refractivity contribution in [3.05, 3.63) is 0 Å². The molecule has 0 amide bonds. The van der Waals surface area contributed by atoms with Gasteiger partial charge in [-0.1, -0.05) is 13.3 Å². The van der Waals surface area contributed by atoms with Crippen molar-refractivity contribution in [3.63, 3.8) is 0 Å². The second-order valence-electron chi connectivity index (χ2n) is 4.50. The lowest BCUT2D eigenvalue weighted by Gasteiger charge is -2.30. The highest BCUT2D eigenvalue weighted by molar-refractivity contribution is 4.98. The average molecular weight is 183 g/mol. The fraction of sp³-hybridized carbons (Fsp3) is 1.00. The van der Waals surface area contributed by atoms with E-state index in [1.165, 1.54) is 19.3 Å². The molecule has 1 aliphatic carbocycles. The zero-order valence-corrected chi connectivity index (χ0v) is 8.42. The maximum atomic E-state index is 5.55. The fourth-order valence-corrected chi connectivity index (χ4v) is 2.76. The van der Waals surface area contributed by atoms with E-state index in [9.17, 15) is 0 Å². The molecule has 0 bridgehead atoms. The van der Waals surface area contributed by atoms with Gasteiger partial charge in [0.15, 0.2) is 0 Å². The van der Waals surface area contributed by atoms with Crippen LogP contribution in [-0.4, -0.2) is 24.8 Å². The highest BCUT2D eigenvalue weighted by Gasteiger charge is 2.37. The van der Waals surface area contributed by atoms with Gasteiger partial charge < -0.3 is 5.73 Å². The average Bonchev–Trinajstić information content (AvgIpc) is 2.49. The third kappa shape index (κ3) is 1.87. The van der Waals surface area contributed by atoms with Crippen LogP contribution >= 0.6 is 0 Å². The summed E-state index contributed by atoms with van der Waals surface area (Å²) in [6.45, 7) is 3.13. The van der Waals surface area contributed by atoms with Gasteiger partial charge in [-0.05, 0) is 31.7 Å². The summed E-state index contributed by atoms with van der Waals surface area (Å²) in [5, 5.41) is 7.29. The first-order valence-corrected chi connectivity index (χ1v) is 5.53. The molecule has 0 aromatic rings. The SMILES string of the molecule is CC1CCCC2NC(CCN)NC12. The van der Waals surface area contributed by atoms with Crippen molar-refractivity contribution in [2.24, 2.45) is 11.7 Å². The summed E-state index contributed by atoms with van der Waals surface area (Å²) in [6, 6.07) is 1.41. The molecule has 3 nitrogen and oxygen atoms in total. The number of rotatable bonds is 2. The highest BCUT2D eigenvalue weighted by Crippen LogP contribution is 2.28. The molecule has 1 saturated carbocycles. The fourth-order valence-electron chi connectivity index (χ4n) is 2.76. The number of hydrogen-bond donors (Lipinski definition) is 3. The number of nitrogens with two attached hydrogens (primary N) is 1. The van der Waals surface area contributed by atoms with E-state index in [2.05, 4.69) is 17.6 Å². The molecular weight excluding hydrogens is 162 g/mol. The Balaban J connectivity index is 1.92. The lowest BCUT2D eigenvalue weighted by molar-refractivity contribution is 0.283. The van der Waals surface area contributed by atoms with Gasteiger partial charge >= 0.3 is 0 Å². The molecule has 2 aliphatic rings. The molecule has 2 fully saturated rings. The summed E-state index contributed by atoms with van der Waals surface area (Å²) in [4.78, 5) is 0. The summed E-state index contributed by atoms with van der Waals surface area (Å²) in [6.07, 6.45) is 5.63. The van der Waals surface area contributed by atoms with Crippen LogP contribution in [0.4, 0.5) is 0 Å². The first-order chi connectivity index (χ1) is 6.31.